The highest BCUT2D eigenvalue weighted by molar-refractivity contribution is 6.31. The third kappa shape index (κ3) is 3.07. The van der Waals surface area contributed by atoms with Gasteiger partial charge in [-0.3, -0.25) is 4.79 Å². The van der Waals surface area contributed by atoms with E-state index in [1.54, 1.807) is 24.1 Å². The van der Waals surface area contributed by atoms with Gasteiger partial charge in [0.2, 0.25) is 5.91 Å². The van der Waals surface area contributed by atoms with Crippen LogP contribution in [0.15, 0.2) is 18.2 Å². The molecule has 1 saturated heterocycles. The third-order valence-corrected chi connectivity index (χ3v) is 4.03. The van der Waals surface area contributed by atoms with E-state index < -0.39 is 0 Å². The Morgan fingerprint density at radius 1 is 1.58 bits per heavy atom. The SMILES string of the molecule is CC1NCCC1C(=O)N(C)Cc1c(F)cccc1Cl. The summed E-state index contributed by atoms with van der Waals surface area (Å²) in [5, 5.41) is 3.60. The maximum atomic E-state index is 13.7. The summed E-state index contributed by atoms with van der Waals surface area (Å²) in [6.45, 7) is 3.05. The highest BCUT2D eigenvalue weighted by atomic mass is 35.5. The van der Waals surface area contributed by atoms with Gasteiger partial charge in [0.25, 0.3) is 0 Å². The van der Waals surface area contributed by atoms with Crippen molar-refractivity contribution in [2.24, 2.45) is 5.92 Å². The highest BCUT2D eigenvalue weighted by Crippen LogP contribution is 2.23. The lowest BCUT2D eigenvalue weighted by atomic mass is 10.0. The fraction of sp³-hybridized carbons (Fsp3) is 0.500. The van der Waals surface area contributed by atoms with Crippen LogP contribution in [-0.4, -0.2) is 30.4 Å². The van der Waals surface area contributed by atoms with Crippen molar-refractivity contribution in [3.8, 4) is 0 Å². The van der Waals surface area contributed by atoms with Crippen LogP contribution < -0.4 is 5.32 Å². The van der Waals surface area contributed by atoms with Crippen LogP contribution >= 0.6 is 11.6 Å². The van der Waals surface area contributed by atoms with Gasteiger partial charge in [0, 0.05) is 30.2 Å². The number of amides is 1. The van der Waals surface area contributed by atoms with E-state index in [4.69, 9.17) is 11.6 Å². The van der Waals surface area contributed by atoms with E-state index in [1.165, 1.54) is 6.07 Å². The van der Waals surface area contributed by atoms with Crippen LogP contribution in [0.4, 0.5) is 4.39 Å². The number of carbonyl (C=O) groups excluding carboxylic acids is 1. The molecule has 5 heteroatoms. The zero-order valence-corrected chi connectivity index (χ0v) is 11.9. The van der Waals surface area contributed by atoms with Gasteiger partial charge in [-0.1, -0.05) is 17.7 Å². The van der Waals surface area contributed by atoms with Crippen molar-refractivity contribution in [2.75, 3.05) is 13.6 Å². The minimum atomic E-state index is -0.371. The second kappa shape index (κ2) is 5.88. The Hall–Kier alpha value is -1.13. The fourth-order valence-electron chi connectivity index (χ4n) is 2.48. The molecular formula is C14H18ClFN2O. The Morgan fingerprint density at radius 2 is 2.32 bits per heavy atom. The number of carbonyl (C=O) groups is 1. The van der Waals surface area contributed by atoms with Crippen molar-refractivity contribution in [2.45, 2.75) is 25.9 Å². The average Bonchev–Trinajstić information content (AvgIpc) is 2.79. The average molecular weight is 285 g/mol. The monoisotopic (exact) mass is 284 g/mol. The second-order valence-electron chi connectivity index (χ2n) is 5.03. The van der Waals surface area contributed by atoms with E-state index in [9.17, 15) is 9.18 Å². The van der Waals surface area contributed by atoms with Gasteiger partial charge in [-0.25, -0.2) is 4.39 Å². The van der Waals surface area contributed by atoms with Crippen LogP contribution in [0.25, 0.3) is 0 Å². The Morgan fingerprint density at radius 3 is 2.89 bits per heavy atom. The van der Waals surface area contributed by atoms with E-state index in [0.29, 0.717) is 10.6 Å². The van der Waals surface area contributed by atoms with Gasteiger partial charge in [0.1, 0.15) is 5.82 Å². The molecule has 1 aromatic rings. The van der Waals surface area contributed by atoms with Gasteiger partial charge in [0.05, 0.1) is 5.92 Å². The maximum absolute atomic E-state index is 13.7. The summed E-state index contributed by atoms with van der Waals surface area (Å²) >= 11 is 5.98. The Kier molecular flexibility index (Phi) is 4.42. The van der Waals surface area contributed by atoms with E-state index in [-0.39, 0.29) is 30.2 Å². The zero-order valence-electron chi connectivity index (χ0n) is 11.1. The molecule has 19 heavy (non-hydrogen) atoms. The zero-order chi connectivity index (χ0) is 14.0. The van der Waals surface area contributed by atoms with Gasteiger partial charge < -0.3 is 10.2 Å². The molecule has 104 valence electrons. The molecular weight excluding hydrogens is 267 g/mol. The van der Waals surface area contributed by atoms with Crippen molar-refractivity contribution in [3.05, 3.63) is 34.6 Å². The lowest BCUT2D eigenvalue weighted by Crippen LogP contribution is -2.37. The lowest BCUT2D eigenvalue weighted by Gasteiger charge is -2.23. The predicted octanol–water partition coefficient (Wildman–Crippen LogP) is 2.44. The normalized spacial score (nSPS) is 22.5. The van der Waals surface area contributed by atoms with Crippen molar-refractivity contribution in [1.82, 2.24) is 10.2 Å². The Bertz CT molecular complexity index is 460. The molecule has 0 saturated carbocycles. The molecule has 0 aromatic heterocycles. The molecule has 0 radical (unpaired) electrons. The minimum Gasteiger partial charge on any atom is -0.341 e. The van der Waals surface area contributed by atoms with Gasteiger partial charge in [-0.15, -0.1) is 0 Å². The number of nitrogens with zero attached hydrogens (tertiary/aromatic N) is 1. The molecule has 1 heterocycles. The summed E-state index contributed by atoms with van der Waals surface area (Å²) in [4.78, 5) is 13.9. The van der Waals surface area contributed by atoms with Crippen molar-refractivity contribution < 1.29 is 9.18 Å². The molecule has 2 unspecified atom stereocenters. The number of hydrogen-bond donors (Lipinski definition) is 1. The molecule has 0 bridgehead atoms. The molecule has 1 aliphatic heterocycles. The van der Waals surface area contributed by atoms with E-state index in [2.05, 4.69) is 5.32 Å². The first kappa shape index (κ1) is 14.3. The summed E-state index contributed by atoms with van der Waals surface area (Å²) in [7, 11) is 1.69. The summed E-state index contributed by atoms with van der Waals surface area (Å²) in [5.41, 5.74) is 0.374. The smallest absolute Gasteiger partial charge is 0.227 e. The Labute approximate surface area is 117 Å². The van der Waals surface area contributed by atoms with E-state index in [0.717, 1.165) is 13.0 Å². The molecule has 1 aliphatic rings. The standard InChI is InChI=1S/C14H18ClFN2O/c1-9-10(6-7-17-9)14(19)18(2)8-11-12(15)4-3-5-13(11)16/h3-5,9-10,17H,6-8H2,1-2H3. The minimum absolute atomic E-state index is 0.0319. The third-order valence-electron chi connectivity index (χ3n) is 3.68. The summed E-state index contributed by atoms with van der Waals surface area (Å²) in [6.07, 6.45) is 0.829. The van der Waals surface area contributed by atoms with Gasteiger partial charge >= 0.3 is 0 Å². The molecule has 0 spiro atoms. The van der Waals surface area contributed by atoms with Crippen LogP contribution in [0.5, 0.6) is 0 Å². The molecule has 1 amide bonds. The molecule has 2 atom stereocenters. The first-order chi connectivity index (χ1) is 9.00. The topological polar surface area (TPSA) is 32.3 Å². The Balaban J connectivity index is 2.08. The van der Waals surface area contributed by atoms with Gasteiger partial charge in [0.15, 0.2) is 0 Å². The number of benzene rings is 1. The molecule has 1 aromatic carbocycles. The largest absolute Gasteiger partial charge is 0.341 e. The van der Waals surface area contributed by atoms with Gasteiger partial charge in [-0.2, -0.15) is 0 Å². The van der Waals surface area contributed by atoms with Crippen molar-refractivity contribution in [1.29, 1.82) is 0 Å². The van der Waals surface area contributed by atoms with Crippen LogP contribution in [0.1, 0.15) is 18.9 Å². The number of halogens is 2. The lowest BCUT2D eigenvalue weighted by molar-refractivity contribution is -0.134. The van der Waals surface area contributed by atoms with E-state index in [1.807, 2.05) is 6.92 Å². The highest BCUT2D eigenvalue weighted by Gasteiger charge is 2.31. The number of hydrogen-bond acceptors (Lipinski definition) is 2. The first-order valence-corrected chi connectivity index (χ1v) is 6.79. The summed E-state index contributed by atoms with van der Waals surface area (Å²) < 4.78 is 13.7. The van der Waals surface area contributed by atoms with Crippen LogP contribution in [0, 0.1) is 11.7 Å². The van der Waals surface area contributed by atoms with E-state index >= 15 is 0 Å². The molecule has 3 nitrogen and oxygen atoms in total. The molecule has 1 N–H and O–H groups in total. The van der Waals surface area contributed by atoms with Crippen molar-refractivity contribution in [3.63, 3.8) is 0 Å². The number of rotatable bonds is 3. The van der Waals surface area contributed by atoms with Crippen LogP contribution in [-0.2, 0) is 11.3 Å². The summed E-state index contributed by atoms with van der Waals surface area (Å²) in [5.74, 6) is -0.364. The molecule has 2 rings (SSSR count). The molecule has 1 fully saturated rings. The summed E-state index contributed by atoms with van der Waals surface area (Å²) in [6, 6.07) is 4.73. The fourth-order valence-corrected chi connectivity index (χ4v) is 2.70. The van der Waals surface area contributed by atoms with Gasteiger partial charge in [-0.05, 0) is 32.0 Å². The van der Waals surface area contributed by atoms with Crippen LogP contribution in [0.3, 0.4) is 0 Å². The quantitative estimate of drug-likeness (QED) is 0.925. The second-order valence-corrected chi connectivity index (χ2v) is 5.44. The first-order valence-electron chi connectivity index (χ1n) is 6.42. The van der Waals surface area contributed by atoms with Crippen molar-refractivity contribution >= 4 is 17.5 Å². The number of nitrogens with one attached hydrogen (secondary N) is 1. The maximum Gasteiger partial charge on any atom is 0.227 e. The molecule has 0 aliphatic carbocycles. The van der Waals surface area contributed by atoms with Crippen LogP contribution in [0.2, 0.25) is 5.02 Å². The predicted molar refractivity (Wildman–Crippen MR) is 73.5 cm³/mol.